The molecule has 0 aliphatic carbocycles. The smallest absolute Gasteiger partial charge is 0.387 e. The second kappa shape index (κ2) is 13.4. The lowest BCUT2D eigenvalue weighted by Gasteiger charge is -2.21. The summed E-state index contributed by atoms with van der Waals surface area (Å²) in [5.41, 5.74) is -1.08. The molecular weight excluding hydrogens is 620 g/mol. The topological polar surface area (TPSA) is 258 Å². The minimum Gasteiger partial charge on any atom is -0.387 e. The quantitative estimate of drug-likeness (QED) is 0.211. The second-order valence-electron chi connectivity index (χ2n) is 9.98. The van der Waals surface area contributed by atoms with Gasteiger partial charge in [0.25, 0.3) is 5.56 Å². The molecule has 0 aromatic carbocycles. The van der Waals surface area contributed by atoms with Crippen molar-refractivity contribution in [2.75, 3.05) is 32.8 Å². The van der Waals surface area contributed by atoms with E-state index in [9.17, 15) is 44.1 Å². The van der Waals surface area contributed by atoms with Crippen LogP contribution in [0.25, 0.3) is 11.2 Å². The van der Waals surface area contributed by atoms with Crippen LogP contribution in [0.1, 0.15) is 39.1 Å². The lowest BCUT2D eigenvalue weighted by Crippen LogP contribution is -2.36. The molecule has 43 heavy (non-hydrogen) atoms. The normalized spacial score (nSPS) is 38.3. The van der Waals surface area contributed by atoms with Crippen LogP contribution in [-0.4, -0.2) is 124 Å². The Kier molecular flexibility index (Phi) is 10.6. The highest BCUT2D eigenvalue weighted by Crippen LogP contribution is 2.60. The zero-order valence-electron chi connectivity index (χ0n) is 23.8. The number of phosphoric ester groups is 2. The molecule has 8 bridgehead atoms. The summed E-state index contributed by atoms with van der Waals surface area (Å²) in [7, 11) is -10.6. The fourth-order valence-corrected chi connectivity index (χ4v) is 7.03. The maximum atomic E-state index is 13.2. The number of phosphoric acid groups is 2. The summed E-state index contributed by atoms with van der Waals surface area (Å²) in [5, 5.41) is 41.7. The van der Waals surface area contributed by atoms with Gasteiger partial charge in [-0.3, -0.25) is 23.0 Å². The lowest BCUT2D eigenvalue weighted by molar-refractivity contribution is -0.0563. The zero-order chi connectivity index (χ0) is 31.9. The highest BCUT2D eigenvalue weighted by molar-refractivity contribution is 7.61. The molecule has 10 atom stereocenters. The first-order chi connectivity index (χ1) is 20.1. The van der Waals surface area contributed by atoms with Gasteiger partial charge in [0, 0.05) is 0 Å². The van der Waals surface area contributed by atoms with Crippen LogP contribution in [0.2, 0.25) is 0 Å². The first kappa shape index (κ1) is 34.2. The maximum absolute atomic E-state index is 13.2. The van der Waals surface area contributed by atoms with Crippen molar-refractivity contribution in [3.63, 3.8) is 0 Å². The van der Waals surface area contributed by atoms with E-state index in [1.807, 2.05) is 0 Å². The predicted molar refractivity (Wildman–Crippen MR) is 144 cm³/mol. The van der Waals surface area contributed by atoms with Gasteiger partial charge in [-0.05, 0) is 26.6 Å². The van der Waals surface area contributed by atoms with Crippen LogP contribution in [0.5, 0.6) is 0 Å². The fourth-order valence-electron chi connectivity index (χ4n) is 4.94. The molecule has 0 saturated carbocycles. The number of aliphatic hydroxyl groups is 4. The predicted octanol–water partition coefficient (Wildman–Crippen LogP) is -1.25. The van der Waals surface area contributed by atoms with E-state index >= 15 is 0 Å². The molecule has 0 amide bonds. The zero-order valence-corrected chi connectivity index (χ0v) is 25.6. The minimum atomic E-state index is -5.29. The molecule has 2 aromatic rings. The molecule has 6 heterocycles. The Balaban J connectivity index is 0.000000541. The minimum absolute atomic E-state index is 0.0574. The van der Waals surface area contributed by atoms with Crippen molar-refractivity contribution in [1.82, 2.24) is 24.0 Å². The van der Waals surface area contributed by atoms with E-state index in [1.54, 1.807) is 0 Å². The summed E-state index contributed by atoms with van der Waals surface area (Å²) < 4.78 is 50.9. The second-order valence-corrected chi connectivity index (χ2v) is 13.0. The molecule has 2 unspecified atom stereocenters. The number of nitrogens with zero attached hydrogens (tertiary/aromatic N) is 5. The van der Waals surface area contributed by atoms with Crippen LogP contribution < -0.4 is 5.56 Å². The molecular formula is C22H37N5O14P2. The van der Waals surface area contributed by atoms with Crippen molar-refractivity contribution in [3.8, 4) is 0 Å². The van der Waals surface area contributed by atoms with Gasteiger partial charge in [-0.2, -0.15) is 4.31 Å². The number of hydrogen-bond donors (Lipinski definition) is 6. The van der Waals surface area contributed by atoms with Crippen LogP contribution in [0.15, 0.2) is 11.1 Å². The first-order valence-electron chi connectivity index (χ1n) is 13.5. The number of rotatable bonds is 3. The largest absolute Gasteiger partial charge is 0.481 e. The Morgan fingerprint density at radius 3 is 1.86 bits per heavy atom. The molecule has 2 saturated heterocycles. The third-order valence-electron chi connectivity index (χ3n) is 7.36. The van der Waals surface area contributed by atoms with Gasteiger partial charge in [0.1, 0.15) is 48.8 Å². The summed E-state index contributed by atoms with van der Waals surface area (Å²) in [5.74, 6) is 0.139. The maximum Gasteiger partial charge on any atom is 0.481 e. The average molecular weight is 658 g/mol. The fraction of sp³-hybridized carbons (Fsp3) is 0.773. The molecule has 0 radical (unpaired) electrons. The average Bonchev–Trinajstić information content (AvgIpc) is 3.53. The van der Waals surface area contributed by atoms with Gasteiger partial charge >= 0.3 is 15.6 Å². The van der Waals surface area contributed by atoms with Gasteiger partial charge in [0.15, 0.2) is 23.6 Å². The van der Waals surface area contributed by atoms with Gasteiger partial charge in [-0.1, -0.05) is 20.8 Å². The molecule has 244 valence electrons. The van der Waals surface area contributed by atoms with Crippen molar-refractivity contribution in [2.24, 2.45) is 0 Å². The summed E-state index contributed by atoms with van der Waals surface area (Å²) in [4.78, 5) is 43.5. The van der Waals surface area contributed by atoms with E-state index in [1.165, 1.54) is 31.1 Å². The van der Waals surface area contributed by atoms with E-state index in [0.29, 0.717) is 0 Å². The Bertz CT molecular complexity index is 1430. The third-order valence-corrected chi connectivity index (χ3v) is 9.96. The number of ether oxygens (including phenoxy) is 2. The van der Waals surface area contributed by atoms with Crippen LogP contribution in [0.3, 0.4) is 0 Å². The van der Waals surface area contributed by atoms with Gasteiger partial charge in [0.2, 0.25) is 0 Å². The molecule has 6 N–H and O–H groups in total. The van der Waals surface area contributed by atoms with Crippen molar-refractivity contribution in [1.29, 1.82) is 0 Å². The van der Waals surface area contributed by atoms with E-state index in [2.05, 4.69) is 49.0 Å². The van der Waals surface area contributed by atoms with Crippen LogP contribution in [0, 0.1) is 6.92 Å². The molecule has 19 nitrogen and oxygen atoms in total. The highest BCUT2D eigenvalue weighted by atomic mass is 31.3. The van der Waals surface area contributed by atoms with E-state index in [4.69, 9.17) is 9.47 Å². The third kappa shape index (κ3) is 7.10. The number of fused-ring (bicyclic) bond motifs is 7. The molecule has 0 spiro atoms. The van der Waals surface area contributed by atoms with E-state index < -0.39 is 83.5 Å². The number of aromatic nitrogens is 4. The van der Waals surface area contributed by atoms with Gasteiger partial charge in [0.05, 0.1) is 13.2 Å². The number of hydrogen-bond acceptors (Lipinski definition) is 15. The molecule has 2 fully saturated rings. The number of aryl methyl sites for hydroxylation is 1. The number of aliphatic hydroxyl groups excluding tert-OH is 4. The molecule has 2 aromatic heterocycles. The van der Waals surface area contributed by atoms with Crippen molar-refractivity contribution in [3.05, 3.63) is 22.5 Å². The van der Waals surface area contributed by atoms with Gasteiger partial charge < -0.3 is 44.6 Å². The summed E-state index contributed by atoms with van der Waals surface area (Å²) in [6, 6.07) is 0. The van der Waals surface area contributed by atoms with Crippen molar-refractivity contribution in [2.45, 2.75) is 76.8 Å². The molecule has 6 rings (SSSR count). The molecule has 4 aliphatic heterocycles. The Hall–Kier alpha value is -1.67. The van der Waals surface area contributed by atoms with E-state index in [-0.39, 0.29) is 17.0 Å². The molecule has 21 heteroatoms. The standard InChI is InChI=1S/C16H22N4O14P2.C6H15N/c1-5-18-8-13-17-4-19(14(8)25)15-11(23)9(21)6(32-15)2-30-35(26,27)34-36(28,29)31-3-7-10(22)12(24)16(33-7)20(5)13;1-4-7(5-2)6-3/h4,6-7,9-12,15-16,21-24H,2-3H2,1H3,(H,26,27)(H,28,29);4-6H2,1-3H3/t6-,7-,9-,10-,11-,12-,15-,16-;/m1./s1. The summed E-state index contributed by atoms with van der Waals surface area (Å²) >= 11 is 0. The Morgan fingerprint density at radius 1 is 0.884 bits per heavy atom. The van der Waals surface area contributed by atoms with E-state index in [0.717, 1.165) is 10.9 Å². The Morgan fingerprint density at radius 2 is 1.37 bits per heavy atom. The summed E-state index contributed by atoms with van der Waals surface area (Å²) in [6.07, 6.45) is -11.5. The lowest BCUT2D eigenvalue weighted by atomic mass is 10.1. The van der Waals surface area contributed by atoms with Crippen LogP contribution >= 0.6 is 15.6 Å². The highest BCUT2D eigenvalue weighted by Gasteiger charge is 2.49. The van der Waals surface area contributed by atoms with Gasteiger partial charge in [-0.15, -0.1) is 0 Å². The van der Waals surface area contributed by atoms with Crippen LogP contribution in [-0.2, 0) is 32.0 Å². The van der Waals surface area contributed by atoms with Crippen LogP contribution in [0.4, 0.5) is 0 Å². The number of imidazole rings is 1. The first-order valence-corrected chi connectivity index (χ1v) is 16.5. The van der Waals surface area contributed by atoms with Crippen molar-refractivity contribution >= 4 is 26.8 Å². The van der Waals surface area contributed by atoms with Crippen molar-refractivity contribution < 1.29 is 62.2 Å². The van der Waals surface area contributed by atoms with Gasteiger partial charge in [-0.25, -0.2) is 19.1 Å². The monoisotopic (exact) mass is 657 g/mol. The Labute approximate surface area is 245 Å². The molecule has 4 aliphatic rings. The SMILES string of the molecule is CCN(CC)CC.Cc1nc2c(=O)n3cnc2n1[C@@H]1O[C@H](COP(=O)(O)OP(=O)(O)OC[C@H]2O[C@@H]3[C@H](O)[C@@H]2O)[C@@H](O)[C@H]1O. The summed E-state index contributed by atoms with van der Waals surface area (Å²) in [6.45, 7) is 9.82.